The normalized spacial score (nSPS) is 13.3. The van der Waals surface area contributed by atoms with Crippen molar-refractivity contribution in [2.24, 2.45) is 0 Å². The minimum atomic E-state index is -0.322. The van der Waals surface area contributed by atoms with Crippen LogP contribution in [0.1, 0.15) is 43.2 Å². The maximum Gasteiger partial charge on any atom is 0.262 e. The van der Waals surface area contributed by atoms with Crippen LogP contribution in [0, 0.1) is 0 Å². The Hall–Kier alpha value is -4.38. The lowest BCUT2D eigenvalue weighted by molar-refractivity contribution is -0.136. The second-order valence-corrected chi connectivity index (χ2v) is 7.62. The highest BCUT2D eigenvalue weighted by atomic mass is 16.2. The summed E-state index contributed by atoms with van der Waals surface area (Å²) in [4.78, 5) is 35.1. The molecular weight excluding hydrogens is 422 g/mol. The third-order valence-corrected chi connectivity index (χ3v) is 5.84. The SMILES string of the molecule is C=Cc1[nH]cc(C2=C(c3c[nH]c4ccccc34)C(=O)N(Cc3ccccc3)C2=O)c1C=C.CC.[HH]. The van der Waals surface area contributed by atoms with Crippen molar-refractivity contribution in [3.63, 3.8) is 0 Å². The molecule has 5 heteroatoms. The number of carbonyl (C=O) groups excluding carboxylic acids is 2. The van der Waals surface area contributed by atoms with Gasteiger partial charge in [0.2, 0.25) is 0 Å². The Kier molecular flexibility index (Phi) is 6.46. The minimum absolute atomic E-state index is 0. The van der Waals surface area contributed by atoms with Crippen LogP contribution in [0.2, 0.25) is 0 Å². The molecule has 0 atom stereocenters. The van der Waals surface area contributed by atoms with Crippen LogP contribution in [0.4, 0.5) is 0 Å². The number of carbonyl (C=O) groups is 2. The van der Waals surface area contributed by atoms with Crippen LogP contribution in [0.25, 0.3) is 34.2 Å². The number of fused-ring (bicyclic) bond motifs is 1. The molecular formula is C29H29N3O2. The number of benzene rings is 2. The van der Waals surface area contributed by atoms with Crippen molar-refractivity contribution in [2.75, 3.05) is 0 Å². The zero-order chi connectivity index (χ0) is 24.2. The summed E-state index contributed by atoms with van der Waals surface area (Å²) < 4.78 is 0. The van der Waals surface area contributed by atoms with Crippen molar-refractivity contribution in [2.45, 2.75) is 20.4 Å². The Morgan fingerprint density at radius 1 is 0.824 bits per heavy atom. The Balaban J connectivity index is 0.00000111. The van der Waals surface area contributed by atoms with Crippen LogP contribution in [-0.2, 0) is 16.1 Å². The molecule has 1 aliphatic heterocycles. The number of hydrogen-bond donors (Lipinski definition) is 2. The van der Waals surface area contributed by atoms with Crippen molar-refractivity contribution in [1.82, 2.24) is 14.9 Å². The fourth-order valence-electron chi connectivity index (χ4n) is 4.31. The number of imide groups is 1. The van der Waals surface area contributed by atoms with Crippen molar-refractivity contribution < 1.29 is 11.0 Å². The summed E-state index contributed by atoms with van der Waals surface area (Å²) in [6.07, 6.45) is 6.90. The molecule has 0 radical (unpaired) electrons. The molecule has 0 unspecified atom stereocenters. The largest absolute Gasteiger partial charge is 0.361 e. The number of aromatic nitrogens is 2. The lowest BCUT2D eigenvalue weighted by Gasteiger charge is -2.15. The second-order valence-electron chi connectivity index (χ2n) is 7.62. The van der Waals surface area contributed by atoms with Crippen molar-refractivity contribution in [3.8, 4) is 0 Å². The predicted molar refractivity (Wildman–Crippen MR) is 142 cm³/mol. The van der Waals surface area contributed by atoms with E-state index in [1.807, 2.05) is 68.4 Å². The maximum atomic E-state index is 13.7. The molecule has 3 heterocycles. The molecule has 2 aromatic heterocycles. The number of nitrogens with zero attached hydrogens (tertiary/aromatic N) is 1. The van der Waals surface area contributed by atoms with Crippen molar-refractivity contribution in [3.05, 3.63) is 108 Å². The molecule has 0 saturated carbocycles. The standard InChI is InChI=1S/C27H21N3O2.C2H6.H2/c1-3-18-20(14-28-22(18)4-2)24-25(21-15-29-23-13-9-8-12-19(21)23)27(32)30(26(24)31)16-17-10-6-5-7-11-17;1-2;/h3-15,28-29H,1-2,16H2;1-2H3;1H. The van der Waals surface area contributed by atoms with Crippen LogP contribution in [0.15, 0.2) is 80.1 Å². The molecule has 4 aromatic rings. The Bertz CT molecular complexity index is 1430. The number of para-hydroxylation sites is 1. The highest BCUT2D eigenvalue weighted by Gasteiger charge is 2.41. The molecule has 172 valence electrons. The summed E-state index contributed by atoms with van der Waals surface area (Å²) in [5.41, 5.74) is 5.40. The average Bonchev–Trinajstić information content (AvgIpc) is 3.56. The molecule has 2 aromatic carbocycles. The van der Waals surface area contributed by atoms with Crippen LogP contribution in [0.5, 0.6) is 0 Å². The van der Waals surface area contributed by atoms with E-state index in [0.717, 1.165) is 27.7 Å². The summed E-state index contributed by atoms with van der Waals surface area (Å²) >= 11 is 0. The quantitative estimate of drug-likeness (QED) is 0.327. The van der Waals surface area contributed by atoms with Crippen LogP contribution >= 0.6 is 0 Å². The van der Waals surface area contributed by atoms with Gasteiger partial charge in [0.1, 0.15) is 0 Å². The van der Waals surface area contributed by atoms with Gasteiger partial charge in [0.25, 0.3) is 11.8 Å². The van der Waals surface area contributed by atoms with E-state index in [4.69, 9.17) is 0 Å². The fraction of sp³-hybridized carbons (Fsp3) is 0.103. The molecule has 5 nitrogen and oxygen atoms in total. The summed E-state index contributed by atoms with van der Waals surface area (Å²) in [5, 5.41) is 0.891. The topological polar surface area (TPSA) is 69.0 Å². The third-order valence-electron chi connectivity index (χ3n) is 5.84. The zero-order valence-electron chi connectivity index (χ0n) is 19.4. The second kappa shape index (κ2) is 9.63. The molecule has 0 fully saturated rings. The van der Waals surface area contributed by atoms with E-state index in [2.05, 4.69) is 23.1 Å². The lowest BCUT2D eigenvalue weighted by atomic mass is 9.94. The van der Waals surface area contributed by atoms with Gasteiger partial charge in [-0.05, 0) is 17.7 Å². The van der Waals surface area contributed by atoms with Gasteiger partial charge in [0.15, 0.2) is 0 Å². The van der Waals surface area contributed by atoms with E-state index in [1.165, 1.54) is 4.90 Å². The third kappa shape index (κ3) is 3.71. The van der Waals surface area contributed by atoms with E-state index in [9.17, 15) is 9.59 Å². The molecule has 0 aliphatic carbocycles. The van der Waals surface area contributed by atoms with E-state index in [0.29, 0.717) is 22.3 Å². The number of rotatable bonds is 6. The van der Waals surface area contributed by atoms with Crippen LogP contribution in [-0.4, -0.2) is 26.7 Å². The summed E-state index contributed by atoms with van der Waals surface area (Å²) in [5.74, 6) is -0.633. The molecule has 0 saturated heterocycles. The van der Waals surface area contributed by atoms with Crippen LogP contribution in [0.3, 0.4) is 0 Å². The molecule has 5 rings (SSSR count). The van der Waals surface area contributed by atoms with E-state index >= 15 is 0 Å². The average molecular weight is 452 g/mol. The van der Waals surface area contributed by atoms with E-state index < -0.39 is 0 Å². The van der Waals surface area contributed by atoms with Gasteiger partial charge in [-0.1, -0.05) is 81.6 Å². The molecule has 2 N–H and O–H groups in total. The number of amides is 2. The smallest absolute Gasteiger partial charge is 0.262 e. The number of hydrogen-bond acceptors (Lipinski definition) is 2. The molecule has 34 heavy (non-hydrogen) atoms. The zero-order valence-corrected chi connectivity index (χ0v) is 19.4. The van der Waals surface area contributed by atoms with Gasteiger partial charge in [0.05, 0.1) is 17.7 Å². The first kappa shape index (κ1) is 22.8. The van der Waals surface area contributed by atoms with E-state index in [1.54, 1.807) is 24.5 Å². The maximum absolute atomic E-state index is 13.7. The molecule has 0 spiro atoms. The number of nitrogens with one attached hydrogen (secondary N) is 2. The van der Waals surface area contributed by atoms with Gasteiger partial charge in [-0.3, -0.25) is 14.5 Å². The van der Waals surface area contributed by atoms with Gasteiger partial charge >= 0.3 is 0 Å². The van der Waals surface area contributed by atoms with Gasteiger partial charge in [-0.2, -0.15) is 0 Å². The first-order valence-electron chi connectivity index (χ1n) is 11.3. The van der Waals surface area contributed by atoms with Gasteiger partial charge in [-0.25, -0.2) is 0 Å². The summed E-state index contributed by atoms with van der Waals surface area (Å²) in [6, 6.07) is 17.3. The predicted octanol–water partition coefficient (Wildman–Crippen LogP) is 6.53. The first-order valence-corrected chi connectivity index (χ1v) is 11.3. The fourth-order valence-corrected chi connectivity index (χ4v) is 4.31. The Morgan fingerprint density at radius 3 is 2.12 bits per heavy atom. The van der Waals surface area contributed by atoms with Crippen molar-refractivity contribution >= 4 is 46.0 Å². The van der Waals surface area contributed by atoms with E-state index in [-0.39, 0.29) is 19.8 Å². The number of aromatic amines is 2. The lowest BCUT2D eigenvalue weighted by Crippen LogP contribution is -2.31. The first-order chi connectivity index (χ1) is 16.6. The minimum Gasteiger partial charge on any atom is -0.361 e. The Morgan fingerprint density at radius 2 is 1.44 bits per heavy atom. The van der Waals surface area contributed by atoms with Gasteiger partial charge in [-0.15, -0.1) is 0 Å². The Labute approximate surface area is 200 Å². The number of H-pyrrole nitrogens is 2. The molecule has 2 amide bonds. The summed E-state index contributed by atoms with van der Waals surface area (Å²) in [6.45, 7) is 11.9. The molecule has 0 bridgehead atoms. The highest BCUT2D eigenvalue weighted by molar-refractivity contribution is 6.50. The van der Waals surface area contributed by atoms with Crippen molar-refractivity contribution in [1.29, 1.82) is 0 Å². The van der Waals surface area contributed by atoms with Crippen LogP contribution < -0.4 is 0 Å². The van der Waals surface area contributed by atoms with Gasteiger partial charge in [0, 0.05) is 47.1 Å². The highest BCUT2D eigenvalue weighted by Crippen LogP contribution is 2.40. The monoisotopic (exact) mass is 451 g/mol. The molecule has 1 aliphatic rings. The summed E-state index contributed by atoms with van der Waals surface area (Å²) in [7, 11) is 0. The van der Waals surface area contributed by atoms with Gasteiger partial charge < -0.3 is 9.97 Å².